The van der Waals surface area contributed by atoms with Gasteiger partial charge in [-0.25, -0.2) is 0 Å². The fraction of sp³-hybridized carbons (Fsp3) is 0.400. The molecule has 0 saturated heterocycles. The van der Waals surface area contributed by atoms with Crippen LogP contribution in [0.25, 0.3) is 10.9 Å². The Morgan fingerprint density at radius 2 is 2.26 bits per heavy atom. The molecule has 2 N–H and O–H groups in total. The Balaban J connectivity index is 1.79. The van der Waals surface area contributed by atoms with Gasteiger partial charge < -0.3 is 15.0 Å². The van der Waals surface area contributed by atoms with Crippen LogP contribution >= 0.6 is 0 Å². The summed E-state index contributed by atoms with van der Waals surface area (Å²) < 4.78 is 5.24. The lowest BCUT2D eigenvalue weighted by Gasteiger charge is -2.05. The van der Waals surface area contributed by atoms with Gasteiger partial charge in [-0.3, -0.25) is 4.79 Å². The number of benzene rings is 1. The summed E-state index contributed by atoms with van der Waals surface area (Å²) in [6.07, 6.45) is 2.81. The molecule has 1 aromatic heterocycles. The Hall–Kier alpha value is -1.65. The average Bonchev–Trinajstić information content (AvgIpc) is 2.89. The number of ketones is 1. The van der Waals surface area contributed by atoms with Crippen LogP contribution in [-0.2, 0) is 4.74 Å². The third-order valence-corrected chi connectivity index (χ3v) is 3.01. The maximum Gasteiger partial charge on any atom is 0.176 e. The van der Waals surface area contributed by atoms with Crippen molar-refractivity contribution in [1.82, 2.24) is 10.3 Å². The van der Waals surface area contributed by atoms with Crippen molar-refractivity contribution in [2.24, 2.45) is 0 Å². The number of H-pyrrole nitrogens is 1. The van der Waals surface area contributed by atoms with Gasteiger partial charge in [0, 0.05) is 30.5 Å². The molecule has 1 heterocycles. The minimum Gasteiger partial charge on any atom is -0.382 e. The van der Waals surface area contributed by atoms with Crippen LogP contribution in [0.3, 0.4) is 0 Å². The minimum atomic E-state index is 0.118. The SMILES string of the molecule is CCOCCCNCC(=O)c1ccc2cc[nH]c2c1. The zero-order chi connectivity index (χ0) is 13.5. The van der Waals surface area contributed by atoms with Crippen molar-refractivity contribution in [2.45, 2.75) is 13.3 Å². The molecule has 0 atom stereocenters. The van der Waals surface area contributed by atoms with E-state index < -0.39 is 0 Å². The van der Waals surface area contributed by atoms with Crippen molar-refractivity contribution < 1.29 is 9.53 Å². The second kappa shape index (κ2) is 7.07. The van der Waals surface area contributed by atoms with Gasteiger partial charge in [-0.2, -0.15) is 0 Å². The van der Waals surface area contributed by atoms with Crippen LogP contribution in [0.4, 0.5) is 0 Å². The summed E-state index contributed by atoms with van der Waals surface area (Å²) in [5.74, 6) is 0.118. The summed E-state index contributed by atoms with van der Waals surface area (Å²) in [5.41, 5.74) is 1.74. The molecule has 2 rings (SSSR count). The molecular weight excluding hydrogens is 240 g/mol. The molecule has 0 aliphatic rings. The molecule has 0 bridgehead atoms. The molecule has 102 valence electrons. The minimum absolute atomic E-state index is 0.118. The van der Waals surface area contributed by atoms with Gasteiger partial charge in [-0.1, -0.05) is 12.1 Å². The lowest BCUT2D eigenvalue weighted by atomic mass is 10.1. The number of nitrogens with one attached hydrogen (secondary N) is 2. The first kappa shape index (κ1) is 13.8. The van der Waals surface area contributed by atoms with Crippen LogP contribution < -0.4 is 5.32 Å². The van der Waals surface area contributed by atoms with Crippen molar-refractivity contribution in [1.29, 1.82) is 0 Å². The fourth-order valence-corrected chi connectivity index (χ4v) is 1.97. The highest BCUT2D eigenvalue weighted by atomic mass is 16.5. The summed E-state index contributed by atoms with van der Waals surface area (Å²) in [6, 6.07) is 7.74. The van der Waals surface area contributed by atoms with E-state index in [-0.39, 0.29) is 5.78 Å². The van der Waals surface area contributed by atoms with Gasteiger partial charge >= 0.3 is 0 Å². The van der Waals surface area contributed by atoms with Crippen molar-refractivity contribution in [3.63, 3.8) is 0 Å². The maximum atomic E-state index is 12.0. The lowest BCUT2D eigenvalue weighted by Crippen LogP contribution is -2.24. The molecule has 0 aliphatic carbocycles. The second-order valence-corrected chi connectivity index (χ2v) is 4.43. The molecule has 4 nitrogen and oxygen atoms in total. The smallest absolute Gasteiger partial charge is 0.176 e. The number of fused-ring (bicyclic) bond motifs is 1. The Morgan fingerprint density at radius 3 is 3.11 bits per heavy atom. The van der Waals surface area contributed by atoms with E-state index in [2.05, 4.69) is 10.3 Å². The third kappa shape index (κ3) is 3.91. The number of aromatic nitrogens is 1. The van der Waals surface area contributed by atoms with E-state index in [0.717, 1.165) is 42.6 Å². The van der Waals surface area contributed by atoms with Crippen LogP contribution in [0.1, 0.15) is 23.7 Å². The zero-order valence-corrected chi connectivity index (χ0v) is 11.2. The highest BCUT2D eigenvalue weighted by molar-refractivity contribution is 6.00. The van der Waals surface area contributed by atoms with E-state index in [9.17, 15) is 4.79 Å². The van der Waals surface area contributed by atoms with Crippen molar-refractivity contribution >= 4 is 16.7 Å². The highest BCUT2D eigenvalue weighted by Crippen LogP contribution is 2.14. The maximum absolute atomic E-state index is 12.0. The molecule has 0 fully saturated rings. The Bertz CT molecular complexity index is 534. The zero-order valence-electron chi connectivity index (χ0n) is 11.2. The van der Waals surface area contributed by atoms with Crippen LogP contribution in [0, 0.1) is 0 Å². The largest absolute Gasteiger partial charge is 0.382 e. The Kier molecular flexibility index (Phi) is 5.12. The number of Topliss-reactive ketones (excluding diaryl/α,β-unsaturated/α-hetero) is 1. The van der Waals surface area contributed by atoms with E-state index in [0.29, 0.717) is 6.54 Å². The van der Waals surface area contributed by atoms with E-state index in [1.807, 2.05) is 37.4 Å². The molecule has 0 saturated carbocycles. The molecule has 1 aromatic carbocycles. The average molecular weight is 260 g/mol. The summed E-state index contributed by atoms with van der Waals surface area (Å²) in [4.78, 5) is 15.1. The van der Waals surface area contributed by atoms with Crippen LogP contribution in [0.5, 0.6) is 0 Å². The summed E-state index contributed by atoms with van der Waals surface area (Å²) in [6.45, 7) is 4.64. The molecular formula is C15H20N2O2. The fourth-order valence-electron chi connectivity index (χ4n) is 1.97. The van der Waals surface area contributed by atoms with Gasteiger partial charge in [0.1, 0.15) is 0 Å². The highest BCUT2D eigenvalue weighted by Gasteiger charge is 2.06. The number of hydrogen-bond acceptors (Lipinski definition) is 3. The Labute approximate surface area is 113 Å². The molecule has 0 unspecified atom stereocenters. The van der Waals surface area contributed by atoms with E-state index in [1.54, 1.807) is 0 Å². The third-order valence-electron chi connectivity index (χ3n) is 3.01. The normalized spacial score (nSPS) is 11.0. The van der Waals surface area contributed by atoms with Crippen LogP contribution in [0.2, 0.25) is 0 Å². The number of aromatic amines is 1. The van der Waals surface area contributed by atoms with Crippen molar-refractivity contribution in [3.8, 4) is 0 Å². The number of carbonyl (C=O) groups excluding carboxylic acids is 1. The number of hydrogen-bond donors (Lipinski definition) is 2. The lowest BCUT2D eigenvalue weighted by molar-refractivity contribution is 0.0988. The van der Waals surface area contributed by atoms with Gasteiger partial charge in [0.25, 0.3) is 0 Å². The predicted molar refractivity (Wildman–Crippen MR) is 76.6 cm³/mol. The molecule has 2 aromatic rings. The molecule has 0 spiro atoms. The summed E-state index contributed by atoms with van der Waals surface area (Å²) >= 11 is 0. The molecule has 0 aliphatic heterocycles. The molecule has 0 radical (unpaired) electrons. The summed E-state index contributed by atoms with van der Waals surface area (Å²) in [7, 11) is 0. The molecule has 4 heteroatoms. The van der Waals surface area contributed by atoms with E-state index in [1.165, 1.54) is 0 Å². The number of carbonyl (C=O) groups is 1. The second-order valence-electron chi connectivity index (χ2n) is 4.43. The quantitative estimate of drug-likeness (QED) is 0.566. The van der Waals surface area contributed by atoms with Gasteiger partial charge in [0.05, 0.1) is 6.54 Å². The van der Waals surface area contributed by atoms with E-state index >= 15 is 0 Å². The first-order valence-corrected chi connectivity index (χ1v) is 6.70. The van der Waals surface area contributed by atoms with Crippen molar-refractivity contribution in [2.75, 3.05) is 26.3 Å². The van der Waals surface area contributed by atoms with Crippen LogP contribution in [0.15, 0.2) is 30.5 Å². The first-order valence-electron chi connectivity index (χ1n) is 6.70. The van der Waals surface area contributed by atoms with Gasteiger partial charge in [-0.15, -0.1) is 0 Å². The van der Waals surface area contributed by atoms with Crippen LogP contribution in [-0.4, -0.2) is 37.1 Å². The predicted octanol–water partition coefficient (Wildman–Crippen LogP) is 2.37. The Morgan fingerprint density at radius 1 is 1.37 bits per heavy atom. The first-order chi connectivity index (χ1) is 9.31. The monoisotopic (exact) mass is 260 g/mol. The topological polar surface area (TPSA) is 54.1 Å². The van der Waals surface area contributed by atoms with Gasteiger partial charge in [0.2, 0.25) is 0 Å². The molecule has 0 amide bonds. The molecule has 19 heavy (non-hydrogen) atoms. The van der Waals surface area contributed by atoms with Crippen molar-refractivity contribution in [3.05, 3.63) is 36.0 Å². The number of ether oxygens (including phenoxy) is 1. The number of rotatable bonds is 8. The van der Waals surface area contributed by atoms with Gasteiger partial charge in [0.15, 0.2) is 5.78 Å². The standard InChI is InChI=1S/C15H20N2O2/c1-2-19-9-3-7-16-11-15(18)13-5-4-12-6-8-17-14(12)10-13/h4-6,8,10,16-17H,2-3,7,9,11H2,1H3. The summed E-state index contributed by atoms with van der Waals surface area (Å²) in [5, 5.41) is 4.27. The van der Waals surface area contributed by atoms with Gasteiger partial charge in [-0.05, 0) is 37.4 Å². The van der Waals surface area contributed by atoms with E-state index in [4.69, 9.17) is 4.74 Å².